The lowest BCUT2D eigenvalue weighted by Gasteiger charge is -2.25. The molecule has 0 bridgehead atoms. The molecule has 12 nitrogen and oxygen atoms in total. The molecule has 10 N–H and O–H groups in total. The number of H-pyrrole nitrogens is 2. The maximum atomic E-state index is 14.0. The van der Waals surface area contributed by atoms with Crippen molar-refractivity contribution >= 4 is 45.5 Å². The van der Waals surface area contributed by atoms with Crippen LogP contribution in [0.4, 0.5) is 0 Å². The van der Waals surface area contributed by atoms with Gasteiger partial charge >= 0.3 is 5.97 Å². The predicted octanol–water partition coefficient (Wildman–Crippen LogP) is 2.67. The van der Waals surface area contributed by atoms with Crippen LogP contribution in [0, 0.1) is 0 Å². The summed E-state index contributed by atoms with van der Waals surface area (Å²) in [7, 11) is 0. The number of hydrogen-bond donors (Lipinski definition) is 8. The van der Waals surface area contributed by atoms with Crippen molar-refractivity contribution < 1.29 is 24.3 Å². The number of aromatic nitrogens is 2. The zero-order valence-corrected chi connectivity index (χ0v) is 27.2. The summed E-state index contributed by atoms with van der Waals surface area (Å²) in [5, 5.41) is 20.1. The molecule has 12 heteroatoms. The average Bonchev–Trinajstić information content (AvgIpc) is 3.71. The van der Waals surface area contributed by atoms with Gasteiger partial charge in [-0.25, -0.2) is 4.79 Å². The predicted molar refractivity (Wildman–Crippen MR) is 188 cm³/mol. The van der Waals surface area contributed by atoms with Crippen molar-refractivity contribution in [3.8, 4) is 0 Å². The van der Waals surface area contributed by atoms with Crippen molar-refractivity contribution in [3.05, 3.63) is 108 Å². The summed E-state index contributed by atoms with van der Waals surface area (Å²) < 4.78 is 0. The molecular weight excluding hydrogens is 622 g/mol. The van der Waals surface area contributed by atoms with Crippen LogP contribution in [0.3, 0.4) is 0 Å². The molecule has 256 valence electrons. The maximum Gasteiger partial charge on any atom is 0.326 e. The molecule has 2 aromatic heterocycles. The number of para-hydroxylation sites is 2. The van der Waals surface area contributed by atoms with Gasteiger partial charge in [0.2, 0.25) is 17.7 Å². The molecule has 0 spiro atoms. The van der Waals surface area contributed by atoms with Gasteiger partial charge in [-0.1, -0.05) is 66.7 Å². The summed E-state index contributed by atoms with van der Waals surface area (Å²) >= 11 is 0. The molecule has 2 heterocycles. The van der Waals surface area contributed by atoms with Gasteiger partial charge < -0.3 is 42.5 Å². The van der Waals surface area contributed by atoms with Crippen molar-refractivity contribution in [2.75, 3.05) is 6.54 Å². The zero-order valence-electron chi connectivity index (χ0n) is 27.2. The summed E-state index contributed by atoms with van der Waals surface area (Å²) in [4.78, 5) is 59.7. The van der Waals surface area contributed by atoms with E-state index in [0.717, 1.165) is 38.5 Å². The Hall–Kier alpha value is -5.46. The topological polar surface area (TPSA) is 208 Å². The van der Waals surface area contributed by atoms with Crippen LogP contribution in [0.5, 0.6) is 0 Å². The molecule has 0 saturated carbocycles. The molecule has 0 saturated heterocycles. The lowest BCUT2D eigenvalue weighted by molar-refractivity contribution is -0.142. The van der Waals surface area contributed by atoms with E-state index in [-0.39, 0.29) is 25.7 Å². The van der Waals surface area contributed by atoms with E-state index < -0.39 is 47.9 Å². The number of fused-ring (bicyclic) bond motifs is 2. The Morgan fingerprint density at radius 3 is 1.73 bits per heavy atom. The van der Waals surface area contributed by atoms with Gasteiger partial charge in [0, 0.05) is 47.0 Å². The average molecular weight is 666 g/mol. The molecular formula is C37H43N7O5. The summed E-state index contributed by atoms with van der Waals surface area (Å²) in [6, 6.07) is 20.1. The molecule has 0 fully saturated rings. The summed E-state index contributed by atoms with van der Waals surface area (Å²) in [5.74, 6) is -2.96. The highest BCUT2D eigenvalue weighted by atomic mass is 16.4. The van der Waals surface area contributed by atoms with Crippen LogP contribution < -0.4 is 27.4 Å². The van der Waals surface area contributed by atoms with Gasteiger partial charge in [-0.2, -0.15) is 0 Å². The van der Waals surface area contributed by atoms with Crippen LogP contribution in [0.1, 0.15) is 36.0 Å². The molecule has 4 atom stereocenters. The zero-order chi connectivity index (χ0) is 34.8. The first kappa shape index (κ1) is 34.9. The number of carbonyl (C=O) groups is 4. The second-order valence-electron chi connectivity index (χ2n) is 12.2. The number of nitrogens with two attached hydrogens (primary N) is 2. The van der Waals surface area contributed by atoms with Crippen LogP contribution in [0.15, 0.2) is 91.3 Å². The van der Waals surface area contributed by atoms with E-state index in [2.05, 4.69) is 25.9 Å². The van der Waals surface area contributed by atoms with E-state index in [9.17, 15) is 24.3 Å². The van der Waals surface area contributed by atoms with Gasteiger partial charge in [0.05, 0.1) is 6.04 Å². The molecule has 49 heavy (non-hydrogen) atoms. The first-order chi connectivity index (χ1) is 23.7. The van der Waals surface area contributed by atoms with E-state index in [1.165, 1.54) is 0 Å². The van der Waals surface area contributed by atoms with Crippen molar-refractivity contribution in [2.24, 2.45) is 11.5 Å². The van der Waals surface area contributed by atoms with Crippen molar-refractivity contribution in [1.29, 1.82) is 0 Å². The first-order valence-corrected chi connectivity index (χ1v) is 16.5. The molecule has 5 aromatic rings. The third-order valence-corrected chi connectivity index (χ3v) is 8.66. The lowest BCUT2D eigenvalue weighted by Crippen LogP contribution is -2.58. The summed E-state index contributed by atoms with van der Waals surface area (Å²) in [5.41, 5.74) is 16.1. The van der Waals surface area contributed by atoms with E-state index >= 15 is 0 Å². The van der Waals surface area contributed by atoms with Crippen LogP contribution in [-0.2, 0) is 38.4 Å². The van der Waals surface area contributed by atoms with Crippen LogP contribution in [0.2, 0.25) is 0 Å². The number of amides is 3. The van der Waals surface area contributed by atoms with Gasteiger partial charge in [0.1, 0.15) is 18.1 Å². The first-order valence-electron chi connectivity index (χ1n) is 16.5. The quantitative estimate of drug-likeness (QED) is 0.0696. The van der Waals surface area contributed by atoms with Crippen molar-refractivity contribution in [2.45, 2.75) is 62.7 Å². The van der Waals surface area contributed by atoms with Crippen molar-refractivity contribution in [3.63, 3.8) is 0 Å². The minimum atomic E-state index is -1.25. The smallest absolute Gasteiger partial charge is 0.326 e. The summed E-state index contributed by atoms with van der Waals surface area (Å²) in [6.07, 6.45) is 5.27. The molecule has 4 unspecified atom stereocenters. The number of rotatable bonds is 17. The number of unbranched alkanes of at least 4 members (excludes halogenated alkanes) is 1. The second kappa shape index (κ2) is 16.6. The second-order valence-corrected chi connectivity index (χ2v) is 12.2. The maximum absolute atomic E-state index is 14.0. The fourth-order valence-electron chi connectivity index (χ4n) is 6.00. The molecule has 0 aliphatic carbocycles. The standard InChI is InChI=1S/C37H43N7O5/c38-17-9-8-16-31(35(46)44-33(37(48)49)20-25-22-41-30-15-7-5-13-27(25)30)42-36(47)32(19-24-21-40-29-14-6-4-12-26(24)29)43-34(45)28(39)18-23-10-2-1-3-11-23/h1-7,10-15,21-22,28,31-33,40-41H,8-9,16-20,38-39H2,(H,42,47)(H,43,45)(H,44,46)(H,48,49). The highest BCUT2D eigenvalue weighted by molar-refractivity contribution is 5.95. The van der Waals surface area contributed by atoms with E-state index in [1.807, 2.05) is 78.9 Å². The Morgan fingerprint density at radius 2 is 1.14 bits per heavy atom. The van der Waals surface area contributed by atoms with Crippen LogP contribution in [0.25, 0.3) is 21.8 Å². The summed E-state index contributed by atoms with van der Waals surface area (Å²) in [6.45, 7) is 0.388. The molecule has 0 aliphatic rings. The van der Waals surface area contributed by atoms with E-state index in [1.54, 1.807) is 12.4 Å². The van der Waals surface area contributed by atoms with E-state index in [4.69, 9.17) is 11.5 Å². The Bertz CT molecular complexity index is 1890. The van der Waals surface area contributed by atoms with Gasteiger partial charge in [-0.15, -0.1) is 0 Å². The largest absolute Gasteiger partial charge is 0.480 e. The molecule has 3 amide bonds. The normalized spacial score (nSPS) is 13.8. The van der Waals surface area contributed by atoms with Crippen LogP contribution >= 0.6 is 0 Å². The third-order valence-electron chi connectivity index (χ3n) is 8.66. The number of aromatic amines is 2. The fourth-order valence-corrected chi connectivity index (χ4v) is 6.00. The third kappa shape index (κ3) is 9.12. The Morgan fingerprint density at radius 1 is 0.633 bits per heavy atom. The number of aliphatic carboxylic acids is 1. The minimum Gasteiger partial charge on any atom is -0.480 e. The van der Waals surface area contributed by atoms with Crippen molar-refractivity contribution in [1.82, 2.24) is 25.9 Å². The number of carboxylic acids is 1. The number of carboxylic acid groups (broad SMARTS) is 1. The number of hydrogen-bond acceptors (Lipinski definition) is 6. The van der Waals surface area contributed by atoms with Crippen LogP contribution in [-0.4, -0.2) is 69.5 Å². The highest BCUT2D eigenvalue weighted by Gasteiger charge is 2.31. The molecule has 0 radical (unpaired) electrons. The number of carbonyl (C=O) groups excluding carboxylic acids is 3. The molecule has 3 aromatic carbocycles. The van der Waals surface area contributed by atoms with Gasteiger partial charge in [0.15, 0.2) is 0 Å². The lowest BCUT2D eigenvalue weighted by atomic mass is 10.0. The Balaban J connectivity index is 1.34. The number of nitrogens with one attached hydrogen (secondary N) is 5. The van der Waals surface area contributed by atoms with Gasteiger partial charge in [-0.05, 0) is 61.1 Å². The monoisotopic (exact) mass is 665 g/mol. The SMILES string of the molecule is NCCCCC(NC(=O)C(Cc1c[nH]c2ccccc12)NC(=O)C(N)Cc1ccccc1)C(=O)NC(Cc1c[nH]c2ccccc12)C(=O)O. The minimum absolute atomic E-state index is 0.0348. The molecule has 5 rings (SSSR count). The van der Waals surface area contributed by atoms with Gasteiger partial charge in [0.25, 0.3) is 0 Å². The molecule has 0 aliphatic heterocycles. The highest BCUT2D eigenvalue weighted by Crippen LogP contribution is 2.21. The van der Waals surface area contributed by atoms with Gasteiger partial charge in [-0.3, -0.25) is 14.4 Å². The fraction of sp³-hybridized carbons (Fsp3) is 0.297. The van der Waals surface area contributed by atoms with E-state index in [0.29, 0.717) is 19.4 Å². The Kier molecular flexibility index (Phi) is 11.8. The number of benzene rings is 3. The Labute approximate surface area is 284 Å².